The van der Waals surface area contributed by atoms with E-state index < -0.39 is 10.0 Å². The molecule has 0 spiro atoms. The summed E-state index contributed by atoms with van der Waals surface area (Å²) in [6.07, 6.45) is 4.14. The third kappa shape index (κ3) is 4.18. The summed E-state index contributed by atoms with van der Waals surface area (Å²) in [5, 5.41) is 0. The molecule has 0 atom stereocenters. The Balaban J connectivity index is 2.60. The molecule has 0 bridgehead atoms. The lowest BCUT2D eigenvalue weighted by Crippen LogP contribution is -2.38. The van der Waals surface area contributed by atoms with Crippen molar-refractivity contribution < 1.29 is 22.7 Å². The molecule has 2 rings (SSSR count). The van der Waals surface area contributed by atoms with Crippen LogP contribution < -0.4 is 13.8 Å². The number of rotatable bonds is 6. The molecule has 7 nitrogen and oxygen atoms in total. The quantitative estimate of drug-likeness (QED) is 0.767. The van der Waals surface area contributed by atoms with Crippen LogP contribution in [0.25, 0.3) is 0 Å². The maximum Gasteiger partial charge on any atom is 0.256 e. The number of likely N-dealkylation sites (tertiary alicyclic amines) is 1. The highest BCUT2D eigenvalue weighted by Crippen LogP contribution is 2.37. The lowest BCUT2D eigenvalue weighted by Gasteiger charge is -2.30. The molecule has 1 aliphatic rings. The Morgan fingerprint density at radius 1 is 1.12 bits per heavy atom. The van der Waals surface area contributed by atoms with Crippen LogP contribution in [0.15, 0.2) is 12.1 Å². The van der Waals surface area contributed by atoms with Gasteiger partial charge in [-0.05, 0) is 32.3 Å². The predicted molar refractivity (Wildman–Crippen MR) is 97.2 cm³/mol. The number of anilines is 1. The SMILES string of the molecule is CCN(c1cc(OC)c(OC)cc1C(=O)N1CCCCC1)S(C)(=O)=O. The zero-order valence-electron chi connectivity index (χ0n) is 15.2. The molecular formula is C17H26N2O5S. The highest BCUT2D eigenvalue weighted by atomic mass is 32.2. The standard InChI is InChI=1S/C17H26N2O5S/c1-5-19(25(4,21)22)14-12-16(24-3)15(23-2)11-13(14)17(20)18-9-7-6-8-10-18/h11-12H,5-10H2,1-4H3. The van der Waals surface area contributed by atoms with Crippen LogP contribution in [0, 0.1) is 0 Å². The van der Waals surface area contributed by atoms with Gasteiger partial charge in [-0.15, -0.1) is 0 Å². The van der Waals surface area contributed by atoms with Gasteiger partial charge >= 0.3 is 0 Å². The molecule has 0 N–H and O–H groups in total. The first-order chi connectivity index (χ1) is 11.8. The lowest BCUT2D eigenvalue weighted by atomic mass is 10.1. The maximum absolute atomic E-state index is 13.0. The third-order valence-corrected chi connectivity index (χ3v) is 5.59. The number of ether oxygens (including phenoxy) is 2. The molecule has 1 aromatic rings. The van der Waals surface area contributed by atoms with Crippen LogP contribution in [0.3, 0.4) is 0 Å². The van der Waals surface area contributed by atoms with E-state index in [-0.39, 0.29) is 12.5 Å². The van der Waals surface area contributed by atoms with Gasteiger partial charge in [0.2, 0.25) is 10.0 Å². The van der Waals surface area contributed by atoms with Crippen molar-refractivity contribution in [2.45, 2.75) is 26.2 Å². The number of benzene rings is 1. The molecule has 140 valence electrons. The second-order valence-electron chi connectivity index (χ2n) is 6.00. The molecule has 0 aromatic heterocycles. The van der Waals surface area contributed by atoms with Crippen LogP contribution in [-0.4, -0.2) is 59.3 Å². The topological polar surface area (TPSA) is 76.2 Å². The number of hydrogen-bond acceptors (Lipinski definition) is 5. The zero-order valence-corrected chi connectivity index (χ0v) is 16.1. The van der Waals surface area contributed by atoms with Crippen molar-refractivity contribution in [3.05, 3.63) is 17.7 Å². The first kappa shape index (κ1) is 19.4. The van der Waals surface area contributed by atoms with Crippen molar-refractivity contribution in [1.29, 1.82) is 0 Å². The van der Waals surface area contributed by atoms with Gasteiger partial charge in [0.15, 0.2) is 11.5 Å². The average Bonchev–Trinajstić information content (AvgIpc) is 2.60. The molecule has 1 aromatic carbocycles. The summed E-state index contributed by atoms with van der Waals surface area (Å²) in [6, 6.07) is 3.12. The number of methoxy groups -OCH3 is 2. The van der Waals surface area contributed by atoms with Crippen molar-refractivity contribution in [2.24, 2.45) is 0 Å². The predicted octanol–water partition coefficient (Wildman–Crippen LogP) is 2.12. The summed E-state index contributed by atoms with van der Waals surface area (Å²) in [5.41, 5.74) is 0.630. The van der Waals surface area contributed by atoms with Crippen molar-refractivity contribution in [3.8, 4) is 11.5 Å². The lowest BCUT2D eigenvalue weighted by molar-refractivity contribution is 0.0724. The van der Waals surface area contributed by atoms with Crippen LogP contribution in [-0.2, 0) is 10.0 Å². The highest BCUT2D eigenvalue weighted by molar-refractivity contribution is 7.92. The van der Waals surface area contributed by atoms with Crippen molar-refractivity contribution in [1.82, 2.24) is 4.90 Å². The fourth-order valence-electron chi connectivity index (χ4n) is 3.10. The van der Waals surface area contributed by atoms with E-state index in [1.807, 2.05) is 0 Å². The minimum Gasteiger partial charge on any atom is -0.493 e. The first-order valence-electron chi connectivity index (χ1n) is 8.36. The summed E-state index contributed by atoms with van der Waals surface area (Å²) in [5.74, 6) is 0.601. The fourth-order valence-corrected chi connectivity index (χ4v) is 4.07. The second kappa shape index (κ2) is 7.95. The van der Waals surface area contributed by atoms with E-state index in [1.54, 1.807) is 24.0 Å². The Bertz CT molecular complexity index is 727. The molecule has 0 radical (unpaired) electrons. The molecule has 0 unspecified atom stereocenters. The first-order valence-corrected chi connectivity index (χ1v) is 10.2. The summed E-state index contributed by atoms with van der Waals surface area (Å²) in [4.78, 5) is 14.8. The second-order valence-corrected chi connectivity index (χ2v) is 7.91. The molecule has 1 saturated heterocycles. The van der Waals surface area contributed by atoms with E-state index in [0.717, 1.165) is 25.5 Å². The van der Waals surface area contributed by atoms with Gasteiger partial charge in [0.05, 0.1) is 31.7 Å². The Morgan fingerprint density at radius 3 is 2.16 bits per heavy atom. The number of sulfonamides is 1. The van der Waals surface area contributed by atoms with Crippen LogP contribution in [0.4, 0.5) is 5.69 Å². The molecule has 1 amide bonds. The minimum absolute atomic E-state index is 0.183. The van der Waals surface area contributed by atoms with E-state index >= 15 is 0 Å². The van der Waals surface area contributed by atoms with Crippen LogP contribution in [0.5, 0.6) is 11.5 Å². The van der Waals surface area contributed by atoms with Crippen LogP contribution in [0.1, 0.15) is 36.5 Å². The fraction of sp³-hybridized carbons (Fsp3) is 0.588. The third-order valence-electron chi connectivity index (χ3n) is 4.33. The summed E-state index contributed by atoms with van der Waals surface area (Å²) < 4.78 is 36.2. The molecule has 1 aliphatic heterocycles. The Labute approximate surface area is 149 Å². The van der Waals surface area contributed by atoms with Crippen molar-refractivity contribution in [3.63, 3.8) is 0 Å². The van der Waals surface area contributed by atoms with E-state index in [4.69, 9.17) is 9.47 Å². The summed E-state index contributed by atoms with van der Waals surface area (Å²) in [7, 11) is -0.569. The van der Waals surface area contributed by atoms with Gasteiger partial charge in [0, 0.05) is 25.7 Å². The van der Waals surface area contributed by atoms with Gasteiger partial charge in [-0.3, -0.25) is 9.10 Å². The molecule has 1 fully saturated rings. The van der Waals surface area contributed by atoms with Crippen molar-refractivity contribution in [2.75, 3.05) is 44.4 Å². The van der Waals surface area contributed by atoms with Crippen molar-refractivity contribution >= 4 is 21.6 Å². The largest absolute Gasteiger partial charge is 0.493 e. The molecule has 0 saturated carbocycles. The monoisotopic (exact) mass is 370 g/mol. The molecule has 0 aliphatic carbocycles. The van der Waals surface area contributed by atoms with Gasteiger partial charge < -0.3 is 14.4 Å². The Morgan fingerprint density at radius 2 is 1.68 bits per heavy atom. The number of nitrogens with zero attached hydrogens (tertiary/aromatic N) is 2. The summed E-state index contributed by atoms with van der Waals surface area (Å²) in [6.45, 7) is 3.30. The number of piperidine rings is 1. The van der Waals surface area contributed by atoms with Gasteiger partial charge in [0.1, 0.15) is 0 Å². The van der Waals surface area contributed by atoms with E-state index in [9.17, 15) is 13.2 Å². The van der Waals surface area contributed by atoms with Crippen LogP contribution in [0.2, 0.25) is 0 Å². The van der Waals surface area contributed by atoms with Gasteiger partial charge in [-0.25, -0.2) is 8.42 Å². The van der Waals surface area contributed by atoms with Gasteiger partial charge in [0.25, 0.3) is 5.91 Å². The smallest absolute Gasteiger partial charge is 0.256 e. The molecule has 25 heavy (non-hydrogen) atoms. The normalized spacial score (nSPS) is 15.0. The molecule has 8 heteroatoms. The number of amides is 1. The molecule has 1 heterocycles. The highest BCUT2D eigenvalue weighted by Gasteiger charge is 2.28. The zero-order chi connectivity index (χ0) is 18.6. The van der Waals surface area contributed by atoms with E-state index in [0.29, 0.717) is 35.8 Å². The number of hydrogen-bond donors (Lipinski definition) is 0. The molecular weight excluding hydrogens is 344 g/mol. The van der Waals surface area contributed by atoms with Crippen LogP contribution >= 0.6 is 0 Å². The minimum atomic E-state index is -3.53. The maximum atomic E-state index is 13.0. The van der Waals surface area contributed by atoms with E-state index in [1.165, 1.54) is 18.5 Å². The number of carbonyl (C=O) groups is 1. The average molecular weight is 370 g/mol. The Hall–Kier alpha value is -1.96. The van der Waals surface area contributed by atoms with Gasteiger partial charge in [-0.1, -0.05) is 0 Å². The van der Waals surface area contributed by atoms with Gasteiger partial charge in [-0.2, -0.15) is 0 Å². The summed E-state index contributed by atoms with van der Waals surface area (Å²) >= 11 is 0. The Kier molecular flexibility index (Phi) is 6.16. The number of carbonyl (C=O) groups excluding carboxylic acids is 1. The van der Waals surface area contributed by atoms with E-state index in [2.05, 4.69) is 0 Å².